The number of aromatic amines is 1. The number of hydrogen-bond acceptors (Lipinski definition) is 3. The maximum atomic E-state index is 5.98. The van der Waals surface area contributed by atoms with Crippen molar-refractivity contribution in [3.05, 3.63) is 71.5 Å². The van der Waals surface area contributed by atoms with Gasteiger partial charge in [-0.3, -0.25) is 5.10 Å². The Balaban J connectivity index is 1.91. The second-order valence-corrected chi connectivity index (χ2v) is 5.39. The van der Waals surface area contributed by atoms with E-state index in [1.54, 1.807) is 0 Å². The van der Waals surface area contributed by atoms with E-state index < -0.39 is 0 Å². The Morgan fingerprint density at radius 2 is 1.95 bits per heavy atom. The van der Waals surface area contributed by atoms with E-state index in [-0.39, 0.29) is 0 Å². The molecule has 0 spiro atoms. The largest absolute Gasteiger partial charge is 0.303 e. The van der Waals surface area contributed by atoms with Gasteiger partial charge in [-0.1, -0.05) is 29.8 Å². The van der Waals surface area contributed by atoms with E-state index >= 15 is 0 Å². The van der Waals surface area contributed by atoms with Gasteiger partial charge in [-0.15, -0.1) is 0 Å². The molecule has 0 radical (unpaired) electrons. The molecule has 1 aromatic carbocycles. The molecule has 0 fully saturated rings. The molecule has 5 nitrogen and oxygen atoms in total. The monoisotopic (exact) mass is 309 g/mol. The number of imidazole rings is 1. The second-order valence-electron chi connectivity index (χ2n) is 4.95. The summed E-state index contributed by atoms with van der Waals surface area (Å²) in [6.45, 7) is 0. The van der Waals surface area contributed by atoms with Crippen LogP contribution in [0.2, 0.25) is 5.02 Å². The molecule has 4 aromatic rings. The summed E-state index contributed by atoms with van der Waals surface area (Å²) in [7, 11) is 0. The molecular formula is C16H12ClN5. The first-order valence-electron chi connectivity index (χ1n) is 6.87. The van der Waals surface area contributed by atoms with Gasteiger partial charge in [-0.2, -0.15) is 5.10 Å². The van der Waals surface area contributed by atoms with E-state index in [0.717, 1.165) is 28.4 Å². The van der Waals surface area contributed by atoms with Crippen LogP contribution in [0.25, 0.3) is 16.9 Å². The quantitative estimate of drug-likeness (QED) is 0.631. The lowest BCUT2D eigenvalue weighted by molar-refractivity contribution is 0.928. The average Bonchev–Trinajstić information content (AvgIpc) is 3.17. The Morgan fingerprint density at radius 1 is 1.09 bits per heavy atom. The molecule has 4 rings (SSSR count). The van der Waals surface area contributed by atoms with Crippen LogP contribution in [0.3, 0.4) is 0 Å². The lowest BCUT2D eigenvalue weighted by atomic mass is 10.1. The van der Waals surface area contributed by atoms with E-state index in [1.807, 2.05) is 48.7 Å². The second kappa shape index (κ2) is 5.27. The third-order valence-corrected chi connectivity index (χ3v) is 3.80. The Labute approximate surface area is 131 Å². The third-order valence-electron chi connectivity index (χ3n) is 3.55. The SMILES string of the molecule is Clc1ccc(-c2nc3ccccn3c2Cc2ncn[nH]2)cc1. The fraction of sp³-hybridized carbons (Fsp3) is 0.0625. The van der Waals surface area contributed by atoms with E-state index in [9.17, 15) is 0 Å². The highest BCUT2D eigenvalue weighted by atomic mass is 35.5. The van der Waals surface area contributed by atoms with Crippen LogP contribution in [0.15, 0.2) is 55.0 Å². The number of H-pyrrole nitrogens is 1. The van der Waals surface area contributed by atoms with Crippen LogP contribution in [-0.4, -0.2) is 24.6 Å². The van der Waals surface area contributed by atoms with Gasteiger partial charge in [0, 0.05) is 16.8 Å². The number of halogens is 1. The van der Waals surface area contributed by atoms with Gasteiger partial charge in [0.05, 0.1) is 17.8 Å². The molecule has 0 unspecified atom stereocenters. The molecule has 0 atom stereocenters. The minimum Gasteiger partial charge on any atom is -0.303 e. The molecule has 3 heterocycles. The van der Waals surface area contributed by atoms with E-state index in [0.29, 0.717) is 11.4 Å². The van der Waals surface area contributed by atoms with Crippen molar-refractivity contribution in [3.63, 3.8) is 0 Å². The van der Waals surface area contributed by atoms with Crippen molar-refractivity contribution in [1.29, 1.82) is 0 Å². The van der Waals surface area contributed by atoms with Gasteiger partial charge < -0.3 is 4.40 Å². The number of pyridine rings is 1. The molecule has 3 aromatic heterocycles. The Morgan fingerprint density at radius 3 is 2.73 bits per heavy atom. The summed E-state index contributed by atoms with van der Waals surface area (Å²) >= 11 is 5.98. The third kappa shape index (κ3) is 2.25. The number of benzene rings is 1. The van der Waals surface area contributed by atoms with E-state index in [1.165, 1.54) is 6.33 Å². The molecule has 108 valence electrons. The normalized spacial score (nSPS) is 11.1. The summed E-state index contributed by atoms with van der Waals surface area (Å²) in [4.78, 5) is 8.97. The maximum absolute atomic E-state index is 5.98. The summed E-state index contributed by atoms with van der Waals surface area (Å²) in [5.74, 6) is 0.806. The molecular weight excluding hydrogens is 298 g/mol. The number of rotatable bonds is 3. The molecule has 6 heteroatoms. The van der Waals surface area contributed by atoms with Crippen molar-refractivity contribution in [1.82, 2.24) is 24.6 Å². The zero-order chi connectivity index (χ0) is 14.9. The zero-order valence-electron chi connectivity index (χ0n) is 11.6. The minimum atomic E-state index is 0.628. The van der Waals surface area contributed by atoms with Gasteiger partial charge in [0.2, 0.25) is 0 Å². The van der Waals surface area contributed by atoms with Crippen LogP contribution in [0.4, 0.5) is 0 Å². The highest BCUT2D eigenvalue weighted by Crippen LogP contribution is 2.27. The van der Waals surface area contributed by atoms with E-state index in [4.69, 9.17) is 16.6 Å². The van der Waals surface area contributed by atoms with E-state index in [2.05, 4.69) is 19.6 Å². The van der Waals surface area contributed by atoms with Crippen LogP contribution in [0.1, 0.15) is 11.5 Å². The number of fused-ring (bicyclic) bond motifs is 1. The van der Waals surface area contributed by atoms with Gasteiger partial charge in [-0.05, 0) is 24.3 Å². The molecule has 0 amide bonds. The fourth-order valence-electron chi connectivity index (χ4n) is 2.53. The number of nitrogens with one attached hydrogen (secondary N) is 1. The smallest absolute Gasteiger partial charge is 0.137 e. The first-order chi connectivity index (χ1) is 10.8. The van der Waals surface area contributed by atoms with Crippen molar-refractivity contribution in [2.45, 2.75) is 6.42 Å². The lowest BCUT2D eigenvalue weighted by Crippen LogP contribution is -1.98. The van der Waals surface area contributed by atoms with Crippen molar-refractivity contribution in [3.8, 4) is 11.3 Å². The molecule has 0 saturated carbocycles. The van der Waals surface area contributed by atoms with Crippen molar-refractivity contribution < 1.29 is 0 Å². The number of nitrogens with zero attached hydrogens (tertiary/aromatic N) is 4. The van der Waals surface area contributed by atoms with Crippen molar-refractivity contribution >= 4 is 17.2 Å². The first-order valence-corrected chi connectivity index (χ1v) is 7.25. The molecule has 0 aliphatic heterocycles. The number of hydrogen-bond donors (Lipinski definition) is 1. The molecule has 0 bridgehead atoms. The summed E-state index contributed by atoms with van der Waals surface area (Å²) in [6.07, 6.45) is 4.15. The molecule has 0 aliphatic carbocycles. The highest BCUT2D eigenvalue weighted by Gasteiger charge is 2.15. The summed E-state index contributed by atoms with van der Waals surface area (Å²) in [5, 5.41) is 7.53. The van der Waals surface area contributed by atoms with Crippen LogP contribution in [0, 0.1) is 0 Å². The lowest BCUT2D eigenvalue weighted by Gasteiger charge is -2.04. The summed E-state index contributed by atoms with van der Waals surface area (Å²) < 4.78 is 2.08. The Bertz CT molecular complexity index is 910. The first kappa shape index (κ1) is 13.0. The van der Waals surface area contributed by atoms with Gasteiger partial charge >= 0.3 is 0 Å². The zero-order valence-corrected chi connectivity index (χ0v) is 12.3. The molecule has 0 aliphatic rings. The Kier molecular flexibility index (Phi) is 3.12. The van der Waals surface area contributed by atoms with Crippen LogP contribution in [0.5, 0.6) is 0 Å². The highest BCUT2D eigenvalue weighted by molar-refractivity contribution is 6.30. The predicted molar refractivity (Wildman–Crippen MR) is 84.8 cm³/mol. The van der Waals surface area contributed by atoms with Gasteiger partial charge in [-0.25, -0.2) is 9.97 Å². The fourth-order valence-corrected chi connectivity index (χ4v) is 2.65. The van der Waals surface area contributed by atoms with Crippen LogP contribution >= 0.6 is 11.6 Å². The van der Waals surface area contributed by atoms with Gasteiger partial charge in [0.1, 0.15) is 17.8 Å². The van der Waals surface area contributed by atoms with Crippen LogP contribution in [-0.2, 0) is 6.42 Å². The summed E-state index contributed by atoms with van der Waals surface area (Å²) in [5.41, 5.74) is 3.93. The Hall–Kier alpha value is -2.66. The molecule has 1 N–H and O–H groups in total. The van der Waals surface area contributed by atoms with Gasteiger partial charge in [0.25, 0.3) is 0 Å². The molecule has 0 saturated heterocycles. The predicted octanol–water partition coefficient (Wildman–Crippen LogP) is 3.36. The van der Waals surface area contributed by atoms with Crippen LogP contribution < -0.4 is 0 Å². The average molecular weight is 310 g/mol. The van der Waals surface area contributed by atoms with Crippen molar-refractivity contribution in [2.75, 3.05) is 0 Å². The van der Waals surface area contributed by atoms with Gasteiger partial charge in [0.15, 0.2) is 0 Å². The molecule has 22 heavy (non-hydrogen) atoms. The number of aromatic nitrogens is 5. The minimum absolute atomic E-state index is 0.628. The standard InChI is InChI=1S/C16H12ClN5/c17-12-6-4-11(5-7-12)16-13(9-14-18-10-19-21-14)22-8-2-1-3-15(22)20-16/h1-8,10H,9H2,(H,18,19,21). The maximum Gasteiger partial charge on any atom is 0.137 e. The van der Waals surface area contributed by atoms with Crippen molar-refractivity contribution in [2.24, 2.45) is 0 Å². The topological polar surface area (TPSA) is 58.9 Å². The summed E-state index contributed by atoms with van der Waals surface area (Å²) in [6, 6.07) is 13.7.